The summed E-state index contributed by atoms with van der Waals surface area (Å²) in [6.45, 7) is 3.94. The Morgan fingerprint density at radius 1 is 1.03 bits per heavy atom. The number of hydrogen-bond donors (Lipinski definition) is 0. The second-order valence-corrected chi connectivity index (χ2v) is 9.13. The molecule has 0 aromatic heterocycles. The van der Waals surface area contributed by atoms with Gasteiger partial charge in [-0.2, -0.15) is 4.31 Å². The number of aryl methyl sites for hydroxylation is 1. The summed E-state index contributed by atoms with van der Waals surface area (Å²) in [5, 5.41) is 1.24. The summed E-state index contributed by atoms with van der Waals surface area (Å²) in [4.78, 5) is 14.2. The van der Waals surface area contributed by atoms with Gasteiger partial charge in [0.05, 0.1) is 6.61 Å². The summed E-state index contributed by atoms with van der Waals surface area (Å²) >= 11 is 0. The summed E-state index contributed by atoms with van der Waals surface area (Å²) in [5.74, 6) is 0.851. The molecule has 0 spiro atoms. The van der Waals surface area contributed by atoms with E-state index in [9.17, 15) is 13.2 Å². The van der Waals surface area contributed by atoms with Crippen molar-refractivity contribution in [3.05, 3.63) is 71.1 Å². The van der Waals surface area contributed by atoms with Gasteiger partial charge in [0.15, 0.2) is 0 Å². The van der Waals surface area contributed by atoms with Crippen molar-refractivity contribution < 1.29 is 17.9 Å². The lowest BCUT2D eigenvalue weighted by Crippen LogP contribution is -2.50. The lowest BCUT2D eigenvalue weighted by atomic mass is 10.2. The van der Waals surface area contributed by atoms with Gasteiger partial charge >= 0.3 is 0 Å². The molecule has 6 nitrogen and oxygen atoms in total. The van der Waals surface area contributed by atoms with Gasteiger partial charge < -0.3 is 9.64 Å². The lowest BCUT2D eigenvalue weighted by molar-refractivity contribution is -0.132. The highest BCUT2D eigenvalue weighted by molar-refractivity contribution is 7.92. The molecule has 0 saturated carbocycles. The predicted molar refractivity (Wildman–Crippen MR) is 118 cm³/mol. The van der Waals surface area contributed by atoms with Crippen LogP contribution in [0.5, 0.6) is 5.75 Å². The van der Waals surface area contributed by atoms with Gasteiger partial charge in [-0.25, -0.2) is 8.42 Å². The number of carbonyl (C=O) groups excluding carboxylic acids is 1. The van der Waals surface area contributed by atoms with Crippen LogP contribution in [0, 0.1) is 6.92 Å². The van der Waals surface area contributed by atoms with Gasteiger partial charge in [0.1, 0.15) is 5.75 Å². The third-order valence-electron chi connectivity index (χ3n) is 4.98. The van der Waals surface area contributed by atoms with Gasteiger partial charge in [-0.3, -0.25) is 4.79 Å². The Hall–Kier alpha value is -2.64. The molecule has 1 aliphatic heterocycles. The van der Waals surface area contributed by atoms with Gasteiger partial charge in [0.2, 0.25) is 15.9 Å². The van der Waals surface area contributed by atoms with Crippen LogP contribution in [0.2, 0.25) is 0 Å². The molecule has 30 heavy (non-hydrogen) atoms. The van der Waals surface area contributed by atoms with E-state index in [1.807, 2.05) is 61.5 Å². The second kappa shape index (κ2) is 10.4. The Balaban J connectivity index is 1.41. The van der Waals surface area contributed by atoms with Gasteiger partial charge in [-0.15, -0.1) is 0 Å². The zero-order valence-corrected chi connectivity index (χ0v) is 18.1. The highest BCUT2D eigenvalue weighted by Gasteiger charge is 2.27. The van der Waals surface area contributed by atoms with Crippen LogP contribution in [-0.2, 0) is 14.8 Å². The van der Waals surface area contributed by atoms with E-state index in [1.54, 1.807) is 11.0 Å². The standard InChI is InChI=1S/C23H28N2O4S/c1-20-7-5-10-22(19-20)29-17-6-11-23(26)24-13-15-25(16-14-24)30(27,28)18-12-21-8-3-2-4-9-21/h2-5,7-10,12,18-19H,6,11,13-17H2,1H3/b18-12+. The molecule has 0 radical (unpaired) electrons. The number of nitrogens with zero attached hydrogens (tertiary/aromatic N) is 2. The Labute approximate surface area is 178 Å². The quantitative estimate of drug-likeness (QED) is 0.605. The van der Waals surface area contributed by atoms with Crippen LogP contribution in [0.3, 0.4) is 0 Å². The molecule has 2 aromatic carbocycles. The number of ether oxygens (including phenoxy) is 1. The van der Waals surface area contributed by atoms with E-state index in [4.69, 9.17) is 4.74 Å². The minimum atomic E-state index is -3.49. The average Bonchev–Trinajstić information content (AvgIpc) is 2.76. The molecule has 1 aliphatic rings. The van der Waals surface area contributed by atoms with Crippen LogP contribution in [0.1, 0.15) is 24.0 Å². The molecule has 1 saturated heterocycles. The van der Waals surface area contributed by atoms with E-state index in [0.29, 0.717) is 45.6 Å². The highest BCUT2D eigenvalue weighted by atomic mass is 32.2. The molecule has 7 heteroatoms. The van der Waals surface area contributed by atoms with E-state index in [1.165, 1.54) is 9.71 Å². The maximum absolute atomic E-state index is 12.5. The maximum atomic E-state index is 12.5. The molecule has 1 amide bonds. The first kappa shape index (κ1) is 22.1. The van der Waals surface area contributed by atoms with E-state index in [-0.39, 0.29) is 5.91 Å². The van der Waals surface area contributed by atoms with Crippen molar-refractivity contribution in [1.29, 1.82) is 0 Å². The number of sulfonamides is 1. The predicted octanol–water partition coefficient (Wildman–Crippen LogP) is 3.30. The van der Waals surface area contributed by atoms with Crippen molar-refractivity contribution in [2.24, 2.45) is 0 Å². The largest absolute Gasteiger partial charge is 0.494 e. The van der Waals surface area contributed by atoms with E-state index in [0.717, 1.165) is 16.9 Å². The second-order valence-electron chi connectivity index (χ2n) is 7.31. The molecule has 160 valence electrons. The Morgan fingerprint density at radius 3 is 2.47 bits per heavy atom. The fourth-order valence-electron chi connectivity index (χ4n) is 3.28. The molecule has 0 bridgehead atoms. The monoisotopic (exact) mass is 428 g/mol. The number of piperazine rings is 1. The molecule has 2 aromatic rings. The third kappa shape index (κ3) is 6.43. The van der Waals surface area contributed by atoms with Crippen LogP contribution >= 0.6 is 0 Å². The van der Waals surface area contributed by atoms with E-state index < -0.39 is 10.0 Å². The molecule has 0 N–H and O–H groups in total. The first-order valence-corrected chi connectivity index (χ1v) is 11.6. The number of rotatable bonds is 8. The minimum absolute atomic E-state index is 0.0414. The summed E-state index contributed by atoms with van der Waals surface area (Å²) < 4.78 is 32.2. The van der Waals surface area contributed by atoms with Gasteiger partial charge in [0, 0.05) is 38.0 Å². The van der Waals surface area contributed by atoms with Crippen LogP contribution < -0.4 is 4.74 Å². The topological polar surface area (TPSA) is 66.9 Å². The fraction of sp³-hybridized carbons (Fsp3) is 0.348. The first-order chi connectivity index (χ1) is 14.4. The SMILES string of the molecule is Cc1cccc(OCCCC(=O)N2CCN(S(=O)(=O)/C=C/c3ccccc3)CC2)c1. The summed E-state index contributed by atoms with van der Waals surface area (Å²) in [7, 11) is -3.49. The van der Waals surface area contributed by atoms with Crippen molar-refractivity contribution in [3.63, 3.8) is 0 Å². The normalized spacial score (nSPS) is 15.4. The third-order valence-corrected chi connectivity index (χ3v) is 6.54. The van der Waals surface area contributed by atoms with Gasteiger partial charge in [-0.05, 0) is 42.7 Å². The Morgan fingerprint density at radius 2 is 1.77 bits per heavy atom. The summed E-state index contributed by atoms with van der Waals surface area (Å²) in [6, 6.07) is 17.1. The Bertz CT molecular complexity index is 966. The number of hydrogen-bond acceptors (Lipinski definition) is 4. The van der Waals surface area contributed by atoms with Gasteiger partial charge in [0.25, 0.3) is 0 Å². The number of amides is 1. The molecular formula is C23H28N2O4S. The van der Waals surface area contributed by atoms with Crippen LogP contribution in [-0.4, -0.2) is 56.3 Å². The van der Waals surface area contributed by atoms with Crippen molar-refractivity contribution in [3.8, 4) is 5.75 Å². The molecule has 1 heterocycles. The summed E-state index contributed by atoms with van der Waals surface area (Å²) in [6.07, 6.45) is 2.62. The number of benzene rings is 2. The molecule has 1 fully saturated rings. The highest BCUT2D eigenvalue weighted by Crippen LogP contribution is 2.14. The average molecular weight is 429 g/mol. The van der Waals surface area contributed by atoms with E-state index in [2.05, 4.69) is 0 Å². The van der Waals surface area contributed by atoms with Crippen LogP contribution in [0.15, 0.2) is 60.0 Å². The first-order valence-electron chi connectivity index (χ1n) is 10.1. The maximum Gasteiger partial charge on any atom is 0.236 e. The summed E-state index contributed by atoms with van der Waals surface area (Å²) in [5.41, 5.74) is 1.97. The van der Waals surface area contributed by atoms with E-state index >= 15 is 0 Å². The minimum Gasteiger partial charge on any atom is -0.494 e. The Kier molecular flexibility index (Phi) is 7.65. The van der Waals surface area contributed by atoms with Crippen molar-refractivity contribution >= 4 is 22.0 Å². The van der Waals surface area contributed by atoms with Crippen molar-refractivity contribution in [1.82, 2.24) is 9.21 Å². The van der Waals surface area contributed by atoms with Crippen LogP contribution in [0.25, 0.3) is 6.08 Å². The van der Waals surface area contributed by atoms with Crippen molar-refractivity contribution in [2.75, 3.05) is 32.8 Å². The smallest absolute Gasteiger partial charge is 0.236 e. The van der Waals surface area contributed by atoms with Crippen molar-refractivity contribution in [2.45, 2.75) is 19.8 Å². The molecule has 0 atom stereocenters. The van der Waals surface area contributed by atoms with Gasteiger partial charge in [-0.1, -0.05) is 42.5 Å². The zero-order chi connectivity index (χ0) is 21.4. The zero-order valence-electron chi connectivity index (χ0n) is 17.2. The lowest BCUT2D eigenvalue weighted by Gasteiger charge is -2.33. The molecule has 3 rings (SSSR count). The van der Waals surface area contributed by atoms with Crippen LogP contribution in [0.4, 0.5) is 0 Å². The number of carbonyl (C=O) groups is 1. The molecular weight excluding hydrogens is 400 g/mol. The molecule has 0 aliphatic carbocycles. The molecule has 0 unspecified atom stereocenters. The fourth-order valence-corrected chi connectivity index (χ4v) is 4.46.